The van der Waals surface area contributed by atoms with Crippen molar-refractivity contribution in [1.29, 1.82) is 0 Å². The van der Waals surface area contributed by atoms with Crippen LogP contribution in [-0.2, 0) is 11.0 Å². The number of benzene rings is 2. The Morgan fingerprint density at radius 2 is 1.96 bits per heavy atom. The number of carbonyl (C=O) groups is 1. The largest absolute Gasteiger partial charge is 0.416 e. The van der Waals surface area contributed by atoms with Gasteiger partial charge in [-0.05, 0) is 49.2 Å². The van der Waals surface area contributed by atoms with Crippen LogP contribution < -0.4 is 5.32 Å². The van der Waals surface area contributed by atoms with Crippen LogP contribution in [0, 0.1) is 13.8 Å². The summed E-state index contributed by atoms with van der Waals surface area (Å²) in [5.74, 6) is -0.124. The van der Waals surface area contributed by atoms with Crippen molar-refractivity contribution >= 4 is 23.4 Å². The van der Waals surface area contributed by atoms with Gasteiger partial charge in [-0.1, -0.05) is 30.0 Å². The molecule has 1 amide bonds. The van der Waals surface area contributed by atoms with E-state index in [1.54, 1.807) is 12.3 Å². The number of carbonyl (C=O) groups excluding carboxylic acids is 1. The number of amides is 1. The summed E-state index contributed by atoms with van der Waals surface area (Å²) in [6.07, 6.45) is -1.36. The fraction of sp³-hybridized carbons (Fsp3) is 0.200. The van der Waals surface area contributed by atoms with E-state index in [-0.39, 0.29) is 11.7 Å². The first-order valence-electron chi connectivity index (χ1n) is 8.45. The number of aryl methyl sites for hydroxylation is 2. The Morgan fingerprint density at radius 1 is 1.18 bits per heavy atom. The molecule has 0 aliphatic heterocycles. The van der Waals surface area contributed by atoms with Gasteiger partial charge in [-0.25, -0.2) is 4.98 Å². The van der Waals surface area contributed by atoms with Crippen molar-refractivity contribution in [2.75, 3.05) is 11.1 Å². The second kappa shape index (κ2) is 8.10. The molecule has 0 aliphatic rings. The zero-order valence-corrected chi connectivity index (χ0v) is 16.1. The number of rotatable bonds is 5. The molecule has 4 nitrogen and oxygen atoms in total. The highest BCUT2D eigenvalue weighted by atomic mass is 32.2. The topological polar surface area (TPSA) is 46.9 Å². The lowest BCUT2D eigenvalue weighted by atomic mass is 10.1. The Kier molecular flexibility index (Phi) is 5.79. The van der Waals surface area contributed by atoms with Gasteiger partial charge in [0.2, 0.25) is 5.91 Å². The average Bonchev–Trinajstić information content (AvgIpc) is 3.11. The van der Waals surface area contributed by atoms with Crippen molar-refractivity contribution in [3.05, 3.63) is 71.5 Å². The van der Waals surface area contributed by atoms with Crippen molar-refractivity contribution < 1.29 is 18.0 Å². The molecule has 3 rings (SSSR count). The molecule has 28 heavy (non-hydrogen) atoms. The standard InChI is InChI=1S/C20H18F3N3OS/c1-13-6-7-14(2)17(10-13)25-18(27)12-28-19-24-8-9-26(19)16-5-3-4-15(11-16)20(21,22)23/h3-11H,12H2,1-2H3,(H,25,27). The van der Waals surface area contributed by atoms with Crippen LogP contribution in [0.15, 0.2) is 60.0 Å². The fourth-order valence-corrected chi connectivity index (χ4v) is 3.39. The van der Waals surface area contributed by atoms with E-state index in [9.17, 15) is 18.0 Å². The van der Waals surface area contributed by atoms with Gasteiger partial charge in [0.25, 0.3) is 0 Å². The molecular weight excluding hydrogens is 387 g/mol. The summed E-state index contributed by atoms with van der Waals surface area (Å²) in [7, 11) is 0. The molecule has 0 radical (unpaired) electrons. The lowest BCUT2D eigenvalue weighted by Crippen LogP contribution is -2.15. The smallest absolute Gasteiger partial charge is 0.325 e. The zero-order chi connectivity index (χ0) is 20.3. The van der Waals surface area contributed by atoms with E-state index >= 15 is 0 Å². The average molecular weight is 405 g/mol. The van der Waals surface area contributed by atoms with Crippen molar-refractivity contribution in [3.63, 3.8) is 0 Å². The molecule has 2 aromatic carbocycles. The third kappa shape index (κ3) is 4.75. The van der Waals surface area contributed by atoms with Crippen LogP contribution in [0.2, 0.25) is 0 Å². The maximum Gasteiger partial charge on any atom is 0.416 e. The monoisotopic (exact) mass is 405 g/mol. The number of aromatic nitrogens is 2. The summed E-state index contributed by atoms with van der Waals surface area (Å²) in [5.41, 5.74) is 2.34. The molecule has 1 aromatic heterocycles. The minimum absolute atomic E-state index is 0.0867. The molecule has 1 N–H and O–H groups in total. The third-order valence-electron chi connectivity index (χ3n) is 4.06. The fourth-order valence-electron chi connectivity index (χ4n) is 2.61. The number of thioether (sulfide) groups is 1. The van der Waals surface area contributed by atoms with E-state index in [2.05, 4.69) is 10.3 Å². The Labute approximate surface area is 164 Å². The van der Waals surface area contributed by atoms with E-state index < -0.39 is 11.7 Å². The maximum atomic E-state index is 12.9. The van der Waals surface area contributed by atoms with Crippen LogP contribution in [0.3, 0.4) is 0 Å². The van der Waals surface area contributed by atoms with Crippen LogP contribution in [0.1, 0.15) is 16.7 Å². The Hall–Kier alpha value is -2.74. The number of imidazole rings is 1. The number of anilines is 1. The highest BCUT2D eigenvalue weighted by Crippen LogP contribution is 2.31. The van der Waals surface area contributed by atoms with E-state index in [0.29, 0.717) is 10.8 Å². The summed E-state index contributed by atoms with van der Waals surface area (Å²) < 4.78 is 40.4. The highest BCUT2D eigenvalue weighted by molar-refractivity contribution is 7.99. The van der Waals surface area contributed by atoms with Gasteiger partial charge in [-0.15, -0.1) is 0 Å². The van der Waals surface area contributed by atoms with E-state index in [1.807, 2.05) is 32.0 Å². The first-order chi connectivity index (χ1) is 13.2. The minimum Gasteiger partial charge on any atom is -0.325 e. The van der Waals surface area contributed by atoms with Crippen molar-refractivity contribution in [1.82, 2.24) is 9.55 Å². The first-order valence-corrected chi connectivity index (χ1v) is 9.43. The molecule has 0 saturated heterocycles. The maximum absolute atomic E-state index is 12.9. The van der Waals surface area contributed by atoms with Crippen molar-refractivity contribution in [2.24, 2.45) is 0 Å². The number of hydrogen-bond acceptors (Lipinski definition) is 3. The predicted octanol–water partition coefficient (Wildman–Crippen LogP) is 5.24. The first kappa shape index (κ1) is 20.0. The summed E-state index contributed by atoms with van der Waals surface area (Å²) in [6, 6.07) is 10.8. The number of alkyl halides is 3. The van der Waals surface area contributed by atoms with Crippen LogP contribution in [0.4, 0.5) is 18.9 Å². The summed E-state index contributed by atoms with van der Waals surface area (Å²) in [6.45, 7) is 3.85. The molecule has 0 bridgehead atoms. The zero-order valence-electron chi connectivity index (χ0n) is 15.2. The lowest BCUT2D eigenvalue weighted by Gasteiger charge is -2.12. The lowest BCUT2D eigenvalue weighted by molar-refractivity contribution is -0.137. The molecule has 146 valence electrons. The van der Waals surface area contributed by atoms with E-state index in [4.69, 9.17) is 0 Å². The normalized spacial score (nSPS) is 11.5. The summed E-state index contributed by atoms with van der Waals surface area (Å²) in [4.78, 5) is 16.4. The molecule has 0 unspecified atom stereocenters. The summed E-state index contributed by atoms with van der Waals surface area (Å²) >= 11 is 1.16. The van der Waals surface area contributed by atoms with Crippen LogP contribution >= 0.6 is 11.8 Å². The van der Waals surface area contributed by atoms with E-state index in [1.165, 1.54) is 16.8 Å². The number of hydrogen-bond donors (Lipinski definition) is 1. The quantitative estimate of drug-likeness (QED) is 0.591. The molecule has 0 fully saturated rings. The van der Waals surface area contributed by atoms with Crippen LogP contribution in [0.25, 0.3) is 5.69 Å². The second-order valence-electron chi connectivity index (χ2n) is 6.28. The van der Waals surface area contributed by atoms with Gasteiger partial charge < -0.3 is 5.32 Å². The van der Waals surface area contributed by atoms with Gasteiger partial charge in [-0.2, -0.15) is 13.2 Å². The molecule has 0 atom stereocenters. The third-order valence-corrected chi connectivity index (χ3v) is 5.02. The second-order valence-corrected chi connectivity index (χ2v) is 7.23. The number of nitrogens with one attached hydrogen (secondary N) is 1. The number of halogens is 3. The molecule has 0 spiro atoms. The number of nitrogens with zero attached hydrogens (tertiary/aromatic N) is 2. The molecule has 0 aliphatic carbocycles. The molecule has 8 heteroatoms. The predicted molar refractivity (Wildman–Crippen MR) is 104 cm³/mol. The highest BCUT2D eigenvalue weighted by Gasteiger charge is 2.30. The van der Waals surface area contributed by atoms with Crippen LogP contribution in [0.5, 0.6) is 0 Å². The van der Waals surface area contributed by atoms with Gasteiger partial charge in [0.05, 0.1) is 11.3 Å². The van der Waals surface area contributed by atoms with Gasteiger partial charge >= 0.3 is 6.18 Å². The van der Waals surface area contributed by atoms with Crippen molar-refractivity contribution in [3.8, 4) is 5.69 Å². The molecular formula is C20H18F3N3OS. The molecule has 3 aromatic rings. The van der Waals surface area contributed by atoms with Gasteiger partial charge in [0.1, 0.15) is 0 Å². The van der Waals surface area contributed by atoms with Crippen LogP contribution in [-0.4, -0.2) is 21.2 Å². The van der Waals surface area contributed by atoms with Gasteiger partial charge in [0.15, 0.2) is 5.16 Å². The molecule has 1 heterocycles. The Balaban J connectivity index is 1.71. The minimum atomic E-state index is -4.42. The SMILES string of the molecule is Cc1ccc(C)c(NC(=O)CSc2nccn2-c2cccc(C(F)(F)F)c2)c1. The Bertz CT molecular complexity index is 998. The summed E-state index contributed by atoms with van der Waals surface area (Å²) in [5, 5.41) is 3.30. The van der Waals surface area contributed by atoms with E-state index in [0.717, 1.165) is 40.7 Å². The molecule has 0 saturated carbocycles. The van der Waals surface area contributed by atoms with Gasteiger partial charge in [0, 0.05) is 23.8 Å². The van der Waals surface area contributed by atoms with Gasteiger partial charge in [-0.3, -0.25) is 9.36 Å². The Morgan fingerprint density at radius 3 is 2.71 bits per heavy atom. The van der Waals surface area contributed by atoms with Crippen molar-refractivity contribution in [2.45, 2.75) is 25.2 Å².